The molecule has 0 aliphatic heterocycles. The SMILES string of the molecule is C=CCCNC(=O)NCc1nc(C(=O)O)cs1. The molecule has 1 heterocycles. The molecule has 0 spiro atoms. The van der Waals surface area contributed by atoms with Crippen molar-refractivity contribution in [3.63, 3.8) is 0 Å². The lowest BCUT2D eigenvalue weighted by Crippen LogP contribution is -2.35. The molecule has 1 rings (SSSR count). The van der Waals surface area contributed by atoms with Crippen molar-refractivity contribution < 1.29 is 14.7 Å². The maximum atomic E-state index is 11.2. The lowest BCUT2D eigenvalue weighted by Gasteiger charge is -2.04. The summed E-state index contributed by atoms with van der Waals surface area (Å²) in [4.78, 5) is 25.6. The maximum Gasteiger partial charge on any atom is 0.355 e. The number of nitrogens with one attached hydrogen (secondary N) is 2. The first-order valence-electron chi connectivity index (χ1n) is 4.93. The van der Waals surface area contributed by atoms with Crippen LogP contribution in [0.1, 0.15) is 21.9 Å². The van der Waals surface area contributed by atoms with Crippen LogP contribution in [0.25, 0.3) is 0 Å². The molecule has 1 aromatic rings. The molecule has 0 bridgehead atoms. The number of aromatic carboxylic acids is 1. The number of carboxylic acids is 1. The van der Waals surface area contributed by atoms with Crippen molar-refractivity contribution in [3.8, 4) is 0 Å². The van der Waals surface area contributed by atoms with Gasteiger partial charge in [0.2, 0.25) is 0 Å². The van der Waals surface area contributed by atoms with Crippen LogP contribution >= 0.6 is 11.3 Å². The van der Waals surface area contributed by atoms with Crippen LogP contribution in [-0.4, -0.2) is 28.6 Å². The van der Waals surface area contributed by atoms with E-state index in [1.165, 1.54) is 16.7 Å². The predicted octanol–water partition coefficient (Wildman–Crippen LogP) is 1.22. The van der Waals surface area contributed by atoms with Crippen LogP contribution in [0, 0.1) is 0 Å². The molecule has 1 aromatic heterocycles. The van der Waals surface area contributed by atoms with Gasteiger partial charge in [0.25, 0.3) is 0 Å². The number of carbonyl (C=O) groups is 2. The van der Waals surface area contributed by atoms with Crippen LogP contribution < -0.4 is 10.6 Å². The molecule has 6 nitrogen and oxygen atoms in total. The van der Waals surface area contributed by atoms with Crippen LogP contribution in [0.3, 0.4) is 0 Å². The van der Waals surface area contributed by atoms with Crippen LogP contribution in [-0.2, 0) is 6.54 Å². The van der Waals surface area contributed by atoms with E-state index in [4.69, 9.17) is 5.11 Å². The van der Waals surface area contributed by atoms with Gasteiger partial charge in [-0.15, -0.1) is 17.9 Å². The monoisotopic (exact) mass is 255 g/mol. The van der Waals surface area contributed by atoms with Crippen LogP contribution in [0.2, 0.25) is 0 Å². The molecule has 0 fully saturated rings. The third-order valence-corrected chi connectivity index (χ3v) is 2.65. The summed E-state index contributed by atoms with van der Waals surface area (Å²) in [5, 5.41) is 15.9. The molecule has 0 aliphatic rings. The number of thiazole rings is 1. The van der Waals surface area contributed by atoms with Gasteiger partial charge in [-0.2, -0.15) is 0 Å². The fourth-order valence-corrected chi connectivity index (χ4v) is 1.70. The summed E-state index contributed by atoms with van der Waals surface area (Å²) in [5.41, 5.74) is -0.00105. The normalized spacial score (nSPS) is 9.65. The Hall–Kier alpha value is -1.89. The van der Waals surface area contributed by atoms with Gasteiger partial charge in [0.15, 0.2) is 5.69 Å². The van der Waals surface area contributed by atoms with Gasteiger partial charge in [-0.05, 0) is 6.42 Å². The Bertz CT molecular complexity index is 417. The summed E-state index contributed by atoms with van der Waals surface area (Å²) in [6, 6.07) is -0.307. The second-order valence-corrected chi connectivity index (χ2v) is 4.06. The van der Waals surface area contributed by atoms with E-state index >= 15 is 0 Å². The highest BCUT2D eigenvalue weighted by Gasteiger charge is 2.08. The van der Waals surface area contributed by atoms with Crippen molar-refractivity contribution in [1.82, 2.24) is 15.6 Å². The number of rotatable bonds is 6. The standard InChI is InChI=1S/C10H13N3O3S/c1-2-3-4-11-10(16)12-5-8-13-7(6-17-8)9(14)15/h2,6H,1,3-5H2,(H,14,15)(H2,11,12,16). The molecule has 0 saturated heterocycles. The fourth-order valence-electron chi connectivity index (χ4n) is 0.996. The predicted molar refractivity (Wildman–Crippen MR) is 64.1 cm³/mol. The van der Waals surface area contributed by atoms with Gasteiger partial charge >= 0.3 is 12.0 Å². The minimum Gasteiger partial charge on any atom is -0.476 e. The average molecular weight is 255 g/mol. The molecule has 0 atom stereocenters. The van der Waals surface area contributed by atoms with Gasteiger partial charge < -0.3 is 15.7 Å². The van der Waals surface area contributed by atoms with Gasteiger partial charge in [-0.1, -0.05) is 6.08 Å². The molecule has 0 unspecified atom stereocenters. The van der Waals surface area contributed by atoms with Crippen molar-refractivity contribution in [1.29, 1.82) is 0 Å². The molecule has 17 heavy (non-hydrogen) atoms. The summed E-state index contributed by atoms with van der Waals surface area (Å²) in [7, 11) is 0. The zero-order chi connectivity index (χ0) is 12.7. The summed E-state index contributed by atoms with van der Waals surface area (Å²) >= 11 is 1.20. The Morgan fingerprint density at radius 3 is 2.88 bits per heavy atom. The van der Waals surface area contributed by atoms with E-state index in [1.54, 1.807) is 6.08 Å². The molecule has 2 amide bonds. The van der Waals surface area contributed by atoms with E-state index < -0.39 is 5.97 Å². The Balaban J connectivity index is 2.31. The fraction of sp³-hybridized carbons (Fsp3) is 0.300. The molecular weight excluding hydrogens is 242 g/mol. The molecule has 0 saturated carbocycles. The lowest BCUT2D eigenvalue weighted by molar-refractivity contribution is 0.0691. The zero-order valence-corrected chi connectivity index (χ0v) is 9.92. The number of hydrogen-bond acceptors (Lipinski definition) is 4. The molecule has 7 heteroatoms. The second-order valence-electron chi connectivity index (χ2n) is 3.12. The Morgan fingerprint density at radius 1 is 1.53 bits per heavy atom. The highest BCUT2D eigenvalue weighted by Crippen LogP contribution is 2.08. The molecule has 0 aliphatic carbocycles. The van der Waals surface area contributed by atoms with E-state index in [0.717, 1.165) is 0 Å². The topological polar surface area (TPSA) is 91.3 Å². The Morgan fingerprint density at radius 2 is 2.29 bits per heavy atom. The third-order valence-electron chi connectivity index (χ3n) is 1.81. The molecule has 0 aromatic carbocycles. The second kappa shape index (κ2) is 6.64. The summed E-state index contributed by atoms with van der Waals surface area (Å²) < 4.78 is 0. The highest BCUT2D eigenvalue weighted by atomic mass is 32.1. The average Bonchev–Trinajstić information content (AvgIpc) is 2.75. The summed E-state index contributed by atoms with van der Waals surface area (Å²) in [5.74, 6) is -1.07. The number of amides is 2. The first-order valence-corrected chi connectivity index (χ1v) is 5.81. The maximum absolute atomic E-state index is 11.2. The quantitative estimate of drug-likeness (QED) is 0.526. The number of urea groups is 1. The van der Waals surface area contributed by atoms with Crippen molar-refractivity contribution in [2.45, 2.75) is 13.0 Å². The largest absolute Gasteiger partial charge is 0.476 e. The van der Waals surface area contributed by atoms with Gasteiger partial charge in [0.05, 0.1) is 6.54 Å². The van der Waals surface area contributed by atoms with Gasteiger partial charge in [0.1, 0.15) is 5.01 Å². The number of aromatic nitrogens is 1. The lowest BCUT2D eigenvalue weighted by atomic mass is 10.4. The first kappa shape index (κ1) is 13.2. The van der Waals surface area contributed by atoms with Crippen molar-refractivity contribution >= 4 is 23.3 Å². The van der Waals surface area contributed by atoms with Crippen LogP contribution in [0.15, 0.2) is 18.0 Å². The van der Waals surface area contributed by atoms with Gasteiger partial charge in [-0.25, -0.2) is 14.6 Å². The van der Waals surface area contributed by atoms with Crippen molar-refractivity contribution in [2.24, 2.45) is 0 Å². The number of carbonyl (C=O) groups excluding carboxylic acids is 1. The minimum atomic E-state index is -1.07. The number of carboxylic acid groups (broad SMARTS) is 1. The Labute approximate surface area is 102 Å². The van der Waals surface area contributed by atoms with Crippen LogP contribution in [0.5, 0.6) is 0 Å². The summed E-state index contributed by atoms with van der Waals surface area (Å²) in [6.45, 7) is 4.28. The molecule has 0 radical (unpaired) electrons. The van der Waals surface area contributed by atoms with Gasteiger partial charge in [-0.3, -0.25) is 0 Å². The number of nitrogens with zero attached hydrogens (tertiary/aromatic N) is 1. The van der Waals surface area contributed by atoms with Crippen LogP contribution in [0.4, 0.5) is 4.79 Å². The molecule has 92 valence electrons. The summed E-state index contributed by atoms with van der Waals surface area (Å²) in [6.07, 6.45) is 2.41. The third kappa shape index (κ3) is 4.64. The van der Waals surface area contributed by atoms with Crippen molar-refractivity contribution in [2.75, 3.05) is 6.54 Å². The van der Waals surface area contributed by atoms with E-state index in [2.05, 4.69) is 22.2 Å². The Kier molecular flexibility index (Phi) is 5.15. The molecule has 3 N–H and O–H groups in total. The van der Waals surface area contributed by atoms with Crippen molar-refractivity contribution in [3.05, 3.63) is 28.7 Å². The van der Waals surface area contributed by atoms with E-state index in [9.17, 15) is 9.59 Å². The molecular formula is C10H13N3O3S. The smallest absolute Gasteiger partial charge is 0.355 e. The zero-order valence-electron chi connectivity index (χ0n) is 9.10. The highest BCUT2D eigenvalue weighted by molar-refractivity contribution is 7.09. The van der Waals surface area contributed by atoms with E-state index in [1.807, 2.05) is 0 Å². The minimum absolute atomic E-state index is 0.00105. The number of hydrogen-bond donors (Lipinski definition) is 3. The van der Waals surface area contributed by atoms with E-state index in [0.29, 0.717) is 18.0 Å². The van der Waals surface area contributed by atoms with Gasteiger partial charge in [0, 0.05) is 11.9 Å². The van der Waals surface area contributed by atoms with E-state index in [-0.39, 0.29) is 18.3 Å². The first-order chi connectivity index (χ1) is 8.13.